The first-order valence-electron chi connectivity index (χ1n) is 5.35. The van der Waals surface area contributed by atoms with Gasteiger partial charge in [-0.2, -0.15) is 0 Å². The van der Waals surface area contributed by atoms with E-state index >= 15 is 0 Å². The van der Waals surface area contributed by atoms with E-state index in [1.54, 1.807) is 12.3 Å². The second-order valence-electron chi connectivity index (χ2n) is 3.88. The van der Waals surface area contributed by atoms with Crippen molar-refractivity contribution in [2.75, 3.05) is 11.6 Å². The van der Waals surface area contributed by atoms with Gasteiger partial charge in [0.25, 0.3) is 0 Å². The predicted molar refractivity (Wildman–Crippen MR) is 81.5 cm³/mol. The molecule has 8 heteroatoms. The molecule has 1 heterocycles. The summed E-state index contributed by atoms with van der Waals surface area (Å²) in [5.41, 5.74) is 2.43. The summed E-state index contributed by atoms with van der Waals surface area (Å²) in [7, 11) is -0.881. The number of rotatable bonds is 5. The molecular formula is C11H11Cl2N3OS2. The summed E-state index contributed by atoms with van der Waals surface area (Å²) in [6.45, 7) is 0.452. The van der Waals surface area contributed by atoms with Crippen LogP contribution in [0.5, 0.6) is 0 Å². The number of nitrogens with zero attached hydrogens (tertiary/aromatic N) is 2. The highest BCUT2D eigenvalue weighted by atomic mass is 35.5. The molecule has 0 saturated carbocycles. The number of benzene rings is 1. The van der Waals surface area contributed by atoms with Crippen molar-refractivity contribution < 1.29 is 4.21 Å². The highest BCUT2D eigenvalue weighted by Crippen LogP contribution is 2.25. The Bertz CT molecular complexity index is 603. The van der Waals surface area contributed by atoms with Gasteiger partial charge in [-0.1, -0.05) is 33.8 Å². The van der Waals surface area contributed by atoms with Crippen LogP contribution in [-0.2, 0) is 23.1 Å². The van der Waals surface area contributed by atoms with Crippen LogP contribution >= 0.6 is 34.7 Å². The van der Waals surface area contributed by atoms with Crippen LogP contribution in [0.2, 0.25) is 9.36 Å². The molecule has 102 valence electrons. The van der Waals surface area contributed by atoms with E-state index in [9.17, 15) is 4.21 Å². The molecule has 2 rings (SSSR count). The molecule has 0 aliphatic carbocycles. The van der Waals surface area contributed by atoms with Crippen LogP contribution in [0, 0.1) is 0 Å². The predicted octanol–water partition coefficient (Wildman–Crippen LogP) is 3.34. The Labute approximate surface area is 127 Å². The molecule has 1 aromatic heterocycles. The van der Waals surface area contributed by atoms with E-state index in [0.717, 1.165) is 22.8 Å². The molecule has 2 aromatic rings. The quantitative estimate of drug-likeness (QED) is 0.910. The third-order valence-electron chi connectivity index (χ3n) is 2.36. The Kier molecular flexibility index (Phi) is 5.15. The van der Waals surface area contributed by atoms with Crippen LogP contribution in [-0.4, -0.2) is 20.1 Å². The van der Waals surface area contributed by atoms with Gasteiger partial charge in [-0.3, -0.25) is 4.21 Å². The first-order chi connectivity index (χ1) is 9.06. The summed E-state index contributed by atoms with van der Waals surface area (Å²) in [5, 5.41) is 7.67. The second-order valence-corrected chi connectivity index (χ2v) is 7.08. The third-order valence-corrected chi connectivity index (χ3v) is 4.41. The maximum absolute atomic E-state index is 11.2. The number of anilines is 1. The summed E-state index contributed by atoms with van der Waals surface area (Å²) in [4.78, 5) is 0. The van der Waals surface area contributed by atoms with Crippen molar-refractivity contribution in [1.29, 1.82) is 0 Å². The number of halogens is 2. The van der Waals surface area contributed by atoms with E-state index in [0.29, 0.717) is 27.4 Å². The molecule has 0 aliphatic heterocycles. The van der Waals surface area contributed by atoms with E-state index in [-0.39, 0.29) is 0 Å². The Balaban J connectivity index is 2.11. The average molecular weight is 336 g/mol. The highest BCUT2D eigenvalue weighted by molar-refractivity contribution is 7.83. The molecule has 0 bridgehead atoms. The van der Waals surface area contributed by atoms with Crippen molar-refractivity contribution in [3.05, 3.63) is 38.8 Å². The van der Waals surface area contributed by atoms with Gasteiger partial charge in [0.15, 0.2) is 0 Å². The zero-order chi connectivity index (χ0) is 13.8. The lowest BCUT2D eigenvalue weighted by atomic mass is 10.2. The van der Waals surface area contributed by atoms with E-state index in [1.165, 1.54) is 0 Å². The summed E-state index contributed by atoms with van der Waals surface area (Å²) in [5.74, 6) is 0.505. The van der Waals surface area contributed by atoms with Gasteiger partial charge in [-0.15, -0.1) is 5.10 Å². The second kappa shape index (κ2) is 6.65. The fourth-order valence-corrected chi connectivity index (χ4v) is 2.97. The van der Waals surface area contributed by atoms with Gasteiger partial charge in [-0.05, 0) is 17.7 Å². The molecule has 0 fully saturated rings. The largest absolute Gasteiger partial charge is 0.378 e. The zero-order valence-electron chi connectivity index (χ0n) is 10.0. The van der Waals surface area contributed by atoms with Crippen molar-refractivity contribution in [3.8, 4) is 0 Å². The van der Waals surface area contributed by atoms with E-state index in [4.69, 9.17) is 23.2 Å². The SMILES string of the molecule is C[S@](=O)Cc1ccc(Cl)c(NCc2nnsc2Cl)c1. The van der Waals surface area contributed by atoms with Gasteiger partial charge in [0.1, 0.15) is 10.0 Å². The van der Waals surface area contributed by atoms with Crippen LogP contribution in [0.3, 0.4) is 0 Å². The number of hydrogen-bond acceptors (Lipinski definition) is 5. The highest BCUT2D eigenvalue weighted by Gasteiger charge is 2.07. The average Bonchev–Trinajstić information content (AvgIpc) is 2.75. The molecule has 1 N–H and O–H groups in total. The lowest BCUT2D eigenvalue weighted by Gasteiger charge is -2.09. The molecule has 0 amide bonds. The summed E-state index contributed by atoms with van der Waals surface area (Å²) in [6, 6.07) is 5.54. The maximum atomic E-state index is 11.2. The molecule has 0 spiro atoms. The number of hydrogen-bond donors (Lipinski definition) is 1. The van der Waals surface area contributed by atoms with Crippen molar-refractivity contribution in [2.45, 2.75) is 12.3 Å². The molecule has 0 unspecified atom stereocenters. The normalized spacial score (nSPS) is 12.4. The van der Waals surface area contributed by atoms with Gasteiger partial charge >= 0.3 is 0 Å². The fourth-order valence-electron chi connectivity index (χ4n) is 1.51. The molecular weight excluding hydrogens is 325 g/mol. The summed E-state index contributed by atoms with van der Waals surface area (Å²) in [6.07, 6.45) is 1.67. The Morgan fingerprint density at radius 3 is 2.84 bits per heavy atom. The first kappa shape index (κ1) is 14.7. The molecule has 1 atom stereocenters. The minimum Gasteiger partial charge on any atom is -0.378 e. The van der Waals surface area contributed by atoms with Crippen molar-refractivity contribution in [1.82, 2.24) is 9.59 Å². The lowest BCUT2D eigenvalue weighted by molar-refractivity contribution is 0.686. The van der Waals surface area contributed by atoms with Crippen LogP contribution in [0.25, 0.3) is 0 Å². The van der Waals surface area contributed by atoms with E-state index in [2.05, 4.69) is 14.9 Å². The Morgan fingerprint density at radius 1 is 1.42 bits per heavy atom. The zero-order valence-corrected chi connectivity index (χ0v) is 13.2. The van der Waals surface area contributed by atoms with Gasteiger partial charge in [0.05, 0.1) is 17.3 Å². The molecule has 19 heavy (non-hydrogen) atoms. The van der Waals surface area contributed by atoms with Crippen LogP contribution in [0.1, 0.15) is 11.3 Å². The molecule has 0 radical (unpaired) electrons. The first-order valence-corrected chi connectivity index (χ1v) is 8.61. The van der Waals surface area contributed by atoms with Crippen LogP contribution in [0.15, 0.2) is 18.2 Å². The standard InChI is InChI=1S/C11H11Cl2N3OS2/c1-19(17)6-7-2-3-8(12)9(4-7)14-5-10-11(13)18-16-15-10/h2-4,14H,5-6H2,1H3/t19-/m0/s1. The fraction of sp³-hybridized carbons (Fsp3) is 0.273. The Morgan fingerprint density at radius 2 is 2.21 bits per heavy atom. The van der Waals surface area contributed by atoms with Gasteiger partial charge in [-0.25, -0.2) is 0 Å². The summed E-state index contributed by atoms with van der Waals surface area (Å²) < 4.78 is 15.5. The minimum atomic E-state index is -0.881. The number of aromatic nitrogens is 2. The van der Waals surface area contributed by atoms with Crippen molar-refractivity contribution in [2.24, 2.45) is 0 Å². The maximum Gasteiger partial charge on any atom is 0.139 e. The van der Waals surface area contributed by atoms with E-state index in [1.807, 2.05) is 12.1 Å². The smallest absolute Gasteiger partial charge is 0.139 e. The lowest BCUT2D eigenvalue weighted by Crippen LogP contribution is -2.02. The molecule has 0 aliphatic rings. The Hall–Kier alpha value is -0.690. The van der Waals surface area contributed by atoms with Crippen LogP contribution < -0.4 is 5.32 Å². The van der Waals surface area contributed by atoms with Gasteiger partial charge < -0.3 is 5.32 Å². The number of nitrogens with one attached hydrogen (secondary N) is 1. The van der Waals surface area contributed by atoms with Crippen LogP contribution in [0.4, 0.5) is 5.69 Å². The van der Waals surface area contributed by atoms with Crippen molar-refractivity contribution in [3.63, 3.8) is 0 Å². The van der Waals surface area contributed by atoms with Gasteiger partial charge in [0, 0.05) is 34.3 Å². The topological polar surface area (TPSA) is 54.9 Å². The molecule has 1 aromatic carbocycles. The van der Waals surface area contributed by atoms with Crippen molar-refractivity contribution >= 4 is 51.2 Å². The monoisotopic (exact) mass is 335 g/mol. The summed E-state index contributed by atoms with van der Waals surface area (Å²) >= 11 is 13.2. The minimum absolute atomic E-state index is 0.452. The molecule has 4 nitrogen and oxygen atoms in total. The third kappa shape index (κ3) is 4.14. The molecule has 0 saturated heterocycles. The van der Waals surface area contributed by atoms with Gasteiger partial charge in [0.2, 0.25) is 0 Å². The van der Waals surface area contributed by atoms with E-state index < -0.39 is 10.8 Å².